The topological polar surface area (TPSA) is 63.7 Å². The molecular formula is C25H29NO4S. The monoisotopic (exact) mass is 439 g/mol. The van der Waals surface area contributed by atoms with E-state index in [-0.39, 0.29) is 16.9 Å². The minimum absolute atomic E-state index is 0.157. The predicted octanol–water partition coefficient (Wildman–Crippen LogP) is 4.52. The highest BCUT2D eigenvalue weighted by Gasteiger charge is 2.51. The fourth-order valence-electron chi connectivity index (χ4n) is 6.66. The molecule has 4 saturated carbocycles. The Morgan fingerprint density at radius 1 is 0.935 bits per heavy atom. The van der Waals surface area contributed by atoms with E-state index in [0.29, 0.717) is 5.69 Å². The number of hydrogen-bond acceptors (Lipinski definition) is 4. The summed E-state index contributed by atoms with van der Waals surface area (Å²) in [5, 5.41) is 0. The highest BCUT2D eigenvalue weighted by molar-refractivity contribution is 7.92. The summed E-state index contributed by atoms with van der Waals surface area (Å²) >= 11 is 0. The van der Waals surface area contributed by atoms with Crippen LogP contribution < -0.4 is 4.31 Å². The molecule has 0 heterocycles. The Bertz CT molecular complexity index is 1030. The zero-order chi connectivity index (χ0) is 21.6. The van der Waals surface area contributed by atoms with Gasteiger partial charge in [-0.2, -0.15) is 0 Å². The van der Waals surface area contributed by atoms with E-state index in [0.717, 1.165) is 22.1 Å². The number of anilines is 1. The molecule has 4 fully saturated rings. The van der Waals surface area contributed by atoms with Crippen LogP contribution in [0.1, 0.15) is 44.1 Å². The lowest BCUT2D eigenvalue weighted by molar-refractivity contribution is -0.138. The number of ether oxygens (including phenoxy) is 1. The standard InChI is InChI=1S/C25H29NO4S/c1-30-24(27)17-26(31(28,29)23-5-3-2-4-6-23)22-9-7-21(8-10-22)25-14-18-11-19(15-25)13-20(12-18)16-25/h2-10,18-20H,11-17H2,1H3. The number of hydrogen-bond donors (Lipinski definition) is 0. The normalized spacial score (nSPS) is 29.0. The van der Waals surface area contributed by atoms with Crippen molar-refractivity contribution < 1.29 is 17.9 Å². The molecule has 5 nitrogen and oxygen atoms in total. The molecule has 6 rings (SSSR count). The Hall–Kier alpha value is -2.34. The number of esters is 1. The van der Waals surface area contributed by atoms with Gasteiger partial charge in [0.1, 0.15) is 6.54 Å². The van der Waals surface area contributed by atoms with Crippen LogP contribution in [0.2, 0.25) is 0 Å². The molecule has 0 N–H and O–H groups in total. The molecule has 0 atom stereocenters. The van der Waals surface area contributed by atoms with E-state index >= 15 is 0 Å². The Labute approximate surface area is 184 Å². The molecular weight excluding hydrogens is 410 g/mol. The molecule has 4 aliphatic carbocycles. The minimum Gasteiger partial charge on any atom is -0.468 e. The molecule has 0 amide bonds. The van der Waals surface area contributed by atoms with Gasteiger partial charge >= 0.3 is 5.97 Å². The zero-order valence-electron chi connectivity index (χ0n) is 17.9. The number of nitrogens with zero attached hydrogens (tertiary/aromatic N) is 1. The molecule has 0 saturated heterocycles. The van der Waals surface area contributed by atoms with Crippen LogP contribution in [0.15, 0.2) is 59.5 Å². The van der Waals surface area contributed by atoms with Gasteiger partial charge in [-0.3, -0.25) is 9.10 Å². The number of sulfonamides is 1. The predicted molar refractivity (Wildman–Crippen MR) is 119 cm³/mol. The summed E-state index contributed by atoms with van der Waals surface area (Å²) < 4.78 is 32.5. The highest BCUT2D eigenvalue weighted by atomic mass is 32.2. The second kappa shape index (κ2) is 7.66. The van der Waals surface area contributed by atoms with Gasteiger partial charge in [0.25, 0.3) is 10.0 Å². The van der Waals surface area contributed by atoms with Gasteiger partial charge in [0, 0.05) is 0 Å². The van der Waals surface area contributed by atoms with E-state index in [1.165, 1.54) is 51.2 Å². The molecule has 0 aromatic heterocycles. The molecule has 0 unspecified atom stereocenters. The first-order valence-corrected chi connectivity index (χ1v) is 12.6. The molecule has 0 aliphatic heterocycles. The van der Waals surface area contributed by atoms with Crippen molar-refractivity contribution in [3.8, 4) is 0 Å². The Morgan fingerprint density at radius 3 is 2.00 bits per heavy atom. The maximum Gasteiger partial charge on any atom is 0.326 e. The van der Waals surface area contributed by atoms with E-state index in [4.69, 9.17) is 4.74 Å². The summed E-state index contributed by atoms with van der Waals surface area (Å²) in [6.45, 7) is -0.357. The molecule has 31 heavy (non-hydrogen) atoms. The van der Waals surface area contributed by atoms with Crippen molar-refractivity contribution >= 4 is 21.7 Å². The lowest BCUT2D eigenvalue weighted by Crippen LogP contribution is -2.48. The molecule has 0 spiro atoms. The third-order valence-corrected chi connectivity index (χ3v) is 9.43. The third-order valence-electron chi connectivity index (χ3n) is 7.64. The van der Waals surface area contributed by atoms with Crippen molar-refractivity contribution in [1.82, 2.24) is 0 Å². The second-order valence-corrected chi connectivity index (χ2v) is 11.5. The van der Waals surface area contributed by atoms with Crippen molar-refractivity contribution in [2.45, 2.75) is 48.8 Å². The van der Waals surface area contributed by atoms with Gasteiger partial charge in [0.15, 0.2) is 0 Å². The number of benzene rings is 2. The molecule has 0 radical (unpaired) electrons. The number of methoxy groups -OCH3 is 1. The van der Waals surface area contributed by atoms with Crippen LogP contribution in [0.25, 0.3) is 0 Å². The van der Waals surface area contributed by atoms with Gasteiger partial charge in [-0.05, 0) is 91.5 Å². The molecule has 2 aromatic carbocycles. The first-order valence-electron chi connectivity index (χ1n) is 11.1. The summed E-state index contributed by atoms with van der Waals surface area (Å²) in [4.78, 5) is 12.2. The lowest BCUT2D eigenvalue weighted by Gasteiger charge is -2.57. The van der Waals surface area contributed by atoms with Crippen LogP contribution in [0.3, 0.4) is 0 Å². The average Bonchev–Trinajstić information content (AvgIpc) is 2.77. The number of carbonyl (C=O) groups excluding carboxylic acids is 1. The maximum absolute atomic E-state index is 13.3. The van der Waals surface area contributed by atoms with Crippen LogP contribution in [0.4, 0.5) is 5.69 Å². The molecule has 4 bridgehead atoms. The first-order chi connectivity index (χ1) is 14.9. The largest absolute Gasteiger partial charge is 0.468 e. The number of carbonyl (C=O) groups is 1. The van der Waals surface area contributed by atoms with E-state index in [9.17, 15) is 13.2 Å². The average molecular weight is 440 g/mol. The fraction of sp³-hybridized carbons (Fsp3) is 0.480. The Kier molecular flexibility index (Phi) is 5.08. The zero-order valence-corrected chi connectivity index (χ0v) is 18.7. The van der Waals surface area contributed by atoms with Crippen LogP contribution in [0.5, 0.6) is 0 Å². The van der Waals surface area contributed by atoms with Crippen LogP contribution in [-0.2, 0) is 25.0 Å². The molecule has 164 valence electrons. The minimum atomic E-state index is -3.88. The Balaban J connectivity index is 1.47. The first kappa shape index (κ1) is 20.6. The summed E-state index contributed by atoms with van der Waals surface area (Å²) in [7, 11) is -2.61. The molecule has 6 heteroatoms. The summed E-state index contributed by atoms with van der Waals surface area (Å²) in [5.41, 5.74) is 2.06. The van der Waals surface area contributed by atoms with Gasteiger partial charge < -0.3 is 4.74 Å². The van der Waals surface area contributed by atoms with Crippen molar-refractivity contribution in [1.29, 1.82) is 0 Å². The van der Waals surface area contributed by atoms with Crippen molar-refractivity contribution in [3.63, 3.8) is 0 Å². The maximum atomic E-state index is 13.3. The lowest BCUT2D eigenvalue weighted by atomic mass is 9.48. The van der Waals surface area contributed by atoms with Gasteiger partial charge in [0.05, 0.1) is 17.7 Å². The van der Waals surface area contributed by atoms with E-state index in [2.05, 4.69) is 12.1 Å². The molecule has 4 aliphatic rings. The second-order valence-electron chi connectivity index (χ2n) is 9.65. The Morgan fingerprint density at radius 2 is 1.48 bits per heavy atom. The quantitative estimate of drug-likeness (QED) is 0.621. The summed E-state index contributed by atoms with van der Waals surface area (Å²) in [6.07, 6.45) is 7.93. The summed E-state index contributed by atoms with van der Waals surface area (Å²) in [6, 6.07) is 16.1. The van der Waals surface area contributed by atoms with Gasteiger partial charge in [-0.15, -0.1) is 0 Å². The van der Waals surface area contributed by atoms with Crippen LogP contribution in [-0.4, -0.2) is 28.0 Å². The highest BCUT2D eigenvalue weighted by Crippen LogP contribution is 2.60. The SMILES string of the molecule is COC(=O)CN(c1ccc(C23CC4CC(CC(C4)C2)C3)cc1)S(=O)(=O)c1ccccc1. The van der Waals surface area contributed by atoms with E-state index in [1.807, 2.05) is 12.1 Å². The third kappa shape index (κ3) is 3.65. The van der Waals surface area contributed by atoms with Gasteiger partial charge in [-0.1, -0.05) is 30.3 Å². The van der Waals surface area contributed by atoms with Crippen molar-refractivity contribution in [3.05, 3.63) is 60.2 Å². The summed E-state index contributed by atoms with van der Waals surface area (Å²) in [5.74, 6) is 1.95. The van der Waals surface area contributed by atoms with E-state index in [1.54, 1.807) is 30.3 Å². The van der Waals surface area contributed by atoms with Crippen molar-refractivity contribution in [2.24, 2.45) is 17.8 Å². The molecule has 2 aromatic rings. The van der Waals surface area contributed by atoms with Gasteiger partial charge in [0.2, 0.25) is 0 Å². The van der Waals surface area contributed by atoms with E-state index < -0.39 is 16.0 Å². The van der Waals surface area contributed by atoms with Crippen LogP contribution >= 0.6 is 0 Å². The van der Waals surface area contributed by atoms with Gasteiger partial charge in [-0.25, -0.2) is 8.42 Å². The van der Waals surface area contributed by atoms with Crippen LogP contribution in [0, 0.1) is 17.8 Å². The smallest absolute Gasteiger partial charge is 0.326 e. The van der Waals surface area contributed by atoms with Crippen molar-refractivity contribution in [2.75, 3.05) is 18.0 Å². The number of rotatable bonds is 6. The fourth-order valence-corrected chi connectivity index (χ4v) is 8.09.